The fraction of sp³-hybridized carbons (Fsp3) is 0.222. The van der Waals surface area contributed by atoms with E-state index in [0.717, 1.165) is 0 Å². The van der Waals surface area contributed by atoms with Gasteiger partial charge >= 0.3 is 0 Å². The molecule has 1 unspecified atom stereocenters. The van der Waals surface area contributed by atoms with Crippen LogP contribution in [-0.2, 0) is 0 Å². The van der Waals surface area contributed by atoms with Gasteiger partial charge in [0.2, 0.25) is 0 Å². The van der Waals surface area contributed by atoms with E-state index < -0.39 is 11.9 Å². The van der Waals surface area contributed by atoms with E-state index in [1.165, 1.54) is 19.2 Å². The maximum absolute atomic E-state index is 14.7. The number of hydrogen-bond acceptors (Lipinski definition) is 6. The van der Waals surface area contributed by atoms with E-state index in [9.17, 15) is 9.65 Å². The molecule has 25 heavy (non-hydrogen) atoms. The second-order valence-corrected chi connectivity index (χ2v) is 5.00. The summed E-state index contributed by atoms with van der Waals surface area (Å²) in [5, 5.41) is 30.0. The lowest BCUT2D eigenvalue weighted by molar-refractivity contribution is 0.195. The summed E-state index contributed by atoms with van der Waals surface area (Å²) in [6.45, 7) is -0.346. The number of hydrogen-bond donors (Lipinski definition) is 2. The lowest BCUT2D eigenvalue weighted by Gasteiger charge is -2.17. The largest absolute Gasteiger partial charge is 0.497 e. The topological polar surface area (TPSA) is 98.3 Å². The van der Waals surface area contributed by atoms with Gasteiger partial charge in [0.15, 0.2) is 11.6 Å². The fourth-order valence-corrected chi connectivity index (χ4v) is 2.17. The molecule has 0 amide bonds. The predicted octanol–water partition coefficient (Wildman–Crippen LogP) is 2.75. The first-order valence-corrected chi connectivity index (χ1v) is 7.40. The van der Waals surface area contributed by atoms with Crippen molar-refractivity contribution in [1.29, 1.82) is 10.5 Å². The van der Waals surface area contributed by atoms with Crippen molar-refractivity contribution in [2.75, 3.05) is 25.6 Å². The summed E-state index contributed by atoms with van der Waals surface area (Å²) in [5.41, 5.74) is 1.09. The Hall–Kier alpha value is -3.29. The maximum Gasteiger partial charge on any atom is 0.171 e. The number of anilines is 1. The quantitative estimate of drug-likeness (QED) is 0.803. The third-order valence-electron chi connectivity index (χ3n) is 3.39. The highest BCUT2D eigenvalue weighted by Gasteiger charge is 2.21. The predicted molar refractivity (Wildman–Crippen MR) is 88.7 cm³/mol. The summed E-state index contributed by atoms with van der Waals surface area (Å²) in [6.07, 6.45) is 0. The first-order chi connectivity index (χ1) is 12.1. The van der Waals surface area contributed by atoms with E-state index in [1.807, 2.05) is 12.1 Å². The van der Waals surface area contributed by atoms with Gasteiger partial charge < -0.3 is 19.9 Å². The Morgan fingerprint density at radius 2 is 1.96 bits per heavy atom. The molecule has 0 aliphatic rings. The molecule has 2 N–H and O–H groups in total. The highest BCUT2D eigenvalue weighted by molar-refractivity contribution is 5.52. The third-order valence-corrected chi connectivity index (χ3v) is 3.39. The van der Waals surface area contributed by atoms with Crippen LogP contribution in [0.1, 0.15) is 17.2 Å². The van der Waals surface area contributed by atoms with Gasteiger partial charge in [-0.05, 0) is 30.3 Å². The van der Waals surface area contributed by atoms with Crippen molar-refractivity contribution in [3.05, 3.63) is 53.3 Å². The molecule has 128 valence electrons. The first-order valence-electron chi connectivity index (χ1n) is 7.40. The molecule has 7 heteroatoms. The first kappa shape index (κ1) is 18.1. The lowest BCUT2D eigenvalue weighted by atomic mass is 10.1. The van der Waals surface area contributed by atoms with E-state index in [4.69, 9.17) is 19.8 Å². The second-order valence-electron chi connectivity index (χ2n) is 5.00. The van der Waals surface area contributed by atoms with Crippen molar-refractivity contribution in [2.24, 2.45) is 0 Å². The molecule has 2 aromatic carbocycles. The van der Waals surface area contributed by atoms with Crippen molar-refractivity contribution in [1.82, 2.24) is 0 Å². The minimum Gasteiger partial charge on any atom is -0.497 e. The Labute approximate surface area is 144 Å². The summed E-state index contributed by atoms with van der Waals surface area (Å²) >= 11 is 0. The standard InChI is InChI=1S/C18H16FN3O3/c1-24-14-8-15(18(19)17(9-14)25-7-6-23)16(11-21)22-13-4-2-12(10-20)3-5-13/h2-5,8-9,16,22-23H,6-7H2,1H3. The number of benzene rings is 2. The van der Waals surface area contributed by atoms with Gasteiger partial charge in [-0.1, -0.05) is 0 Å². The Morgan fingerprint density at radius 1 is 1.24 bits per heavy atom. The number of aliphatic hydroxyl groups is 1. The van der Waals surface area contributed by atoms with E-state index >= 15 is 0 Å². The van der Waals surface area contributed by atoms with Crippen LogP contribution in [0.2, 0.25) is 0 Å². The van der Waals surface area contributed by atoms with Crippen molar-refractivity contribution in [3.8, 4) is 23.6 Å². The van der Waals surface area contributed by atoms with Gasteiger partial charge in [-0.3, -0.25) is 0 Å². The highest BCUT2D eigenvalue weighted by Crippen LogP contribution is 2.32. The number of ether oxygens (including phenoxy) is 2. The lowest BCUT2D eigenvalue weighted by Crippen LogP contribution is -2.12. The van der Waals surface area contributed by atoms with Gasteiger partial charge in [0.25, 0.3) is 0 Å². The molecular weight excluding hydrogens is 325 g/mol. The monoisotopic (exact) mass is 341 g/mol. The van der Waals surface area contributed by atoms with Gasteiger partial charge in [-0.2, -0.15) is 10.5 Å². The van der Waals surface area contributed by atoms with Gasteiger partial charge in [0.1, 0.15) is 18.4 Å². The molecule has 0 bridgehead atoms. The van der Waals surface area contributed by atoms with Crippen molar-refractivity contribution in [3.63, 3.8) is 0 Å². The van der Waals surface area contributed by atoms with Crippen LogP contribution in [0.5, 0.6) is 11.5 Å². The summed E-state index contributed by atoms with van der Waals surface area (Å²) in [7, 11) is 1.42. The zero-order valence-corrected chi connectivity index (χ0v) is 13.5. The van der Waals surface area contributed by atoms with Crippen LogP contribution in [0.15, 0.2) is 36.4 Å². The number of nitrogens with one attached hydrogen (secondary N) is 1. The average molecular weight is 341 g/mol. The molecule has 2 rings (SSSR count). The summed E-state index contributed by atoms with van der Waals surface area (Å²) in [6, 6.07) is 12.2. The number of nitriles is 2. The van der Waals surface area contributed by atoms with Gasteiger partial charge in [-0.15, -0.1) is 0 Å². The SMILES string of the molecule is COc1cc(OCCO)c(F)c(C(C#N)Nc2ccc(C#N)cc2)c1. The Balaban J connectivity index is 2.35. The molecule has 2 aromatic rings. The smallest absolute Gasteiger partial charge is 0.171 e. The van der Waals surface area contributed by atoms with E-state index in [2.05, 4.69) is 5.32 Å². The maximum atomic E-state index is 14.7. The van der Waals surface area contributed by atoms with Gasteiger partial charge in [0.05, 0.1) is 31.4 Å². The molecule has 0 spiro atoms. The third kappa shape index (κ3) is 4.37. The Morgan fingerprint density at radius 3 is 2.52 bits per heavy atom. The number of rotatable bonds is 7. The van der Waals surface area contributed by atoms with Crippen LogP contribution < -0.4 is 14.8 Å². The summed E-state index contributed by atoms with van der Waals surface area (Å²) in [5.74, 6) is -0.488. The zero-order valence-electron chi connectivity index (χ0n) is 13.5. The number of methoxy groups -OCH3 is 1. The molecule has 0 aromatic heterocycles. The van der Waals surface area contributed by atoms with Crippen molar-refractivity contribution < 1.29 is 19.0 Å². The van der Waals surface area contributed by atoms with Crippen molar-refractivity contribution >= 4 is 5.69 Å². The van der Waals surface area contributed by atoms with Gasteiger partial charge in [-0.25, -0.2) is 4.39 Å². The minimum atomic E-state index is -1.00. The Bertz CT molecular complexity index is 810. The summed E-state index contributed by atoms with van der Waals surface area (Å²) < 4.78 is 25.0. The van der Waals surface area contributed by atoms with Crippen LogP contribution in [-0.4, -0.2) is 25.4 Å². The zero-order chi connectivity index (χ0) is 18.2. The second kappa shape index (κ2) is 8.53. The minimum absolute atomic E-state index is 0.0548. The fourth-order valence-electron chi connectivity index (χ4n) is 2.17. The average Bonchev–Trinajstić information content (AvgIpc) is 2.66. The molecule has 0 aliphatic carbocycles. The van der Waals surface area contributed by atoms with Crippen LogP contribution in [0, 0.1) is 28.5 Å². The summed E-state index contributed by atoms with van der Waals surface area (Å²) in [4.78, 5) is 0. The number of nitrogens with zero attached hydrogens (tertiary/aromatic N) is 2. The van der Waals surface area contributed by atoms with Crippen LogP contribution >= 0.6 is 0 Å². The number of halogens is 1. The van der Waals surface area contributed by atoms with Crippen LogP contribution in [0.25, 0.3) is 0 Å². The normalized spacial score (nSPS) is 11.1. The molecule has 0 saturated heterocycles. The van der Waals surface area contributed by atoms with Gasteiger partial charge in [0, 0.05) is 17.3 Å². The molecule has 0 aliphatic heterocycles. The molecule has 0 radical (unpaired) electrons. The van der Waals surface area contributed by atoms with Crippen LogP contribution in [0.3, 0.4) is 0 Å². The Kier molecular flexibility index (Phi) is 6.16. The van der Waals surface area contributed by atoms with E-state index in [0.29, 0.717) is 17.0 Å². The molecule has 0 fully saturated rings. The molecule has 0 heterocycles. The van der Waals surface area contributed by atoms with E-state index in [1.54, 1.807) is 24.3 Å². The molecule has 1 atom stereocenters. The number of aliphatic hydroxyl groups excluding tert-OH is 1. The molecular formula is C18H16FN3O3. The molecule has 0 saturated carbocycles. The van der Waals surface area contributed by atoms with Crippen molar-refractivity contribution in [2.45, 2.75) is 6.04 Å². The van der Waals surface area contributed by atoms with Crippen LogP contribution in [0.4, 0.5) is 10.1 Å². The van der Waals surface area contributed by atoms with E-state index in [-0.39, 0.29) is 24.5 Å². The molecule has 6 nitrogen and oxygen atoms in total. The highest BCUT2D eigenvalue weighted by atomic mass is 19.1.